The van der Waals surface area contributed by atoms with Crippen LogP contribution in [0.4, 0.5) is 0 Å². The summed E-state index contributed by atoms with van der Waals surface area (Å²) in [4.78, 5) is 12.2. The first-order chi connectivity index (χ1) is 12.5. The van der Waals surface area contributed by atoms with Crippen LogP contribution in [-0.4, -0.2) is 22.8 Å². The van der Waals surface area contributed by atoms with Crippen molar-refractivity contribution in [3.05, 3.63) is 0 Å². The molecule has 0 amide bonds. The standard InChI is InChI=1S/C23H34O3/c1-21-9-6-16(24)12-14(21)2-4-17-18(21)7-10-22-13-15-3-5-20(25)26-23(15,22)11-8-19(17)22/h14-19,24H,2-13H2,1H3/t14-,15?,16-,17?,18?,19?,21-,22+,23-/m0/s1. The van der Waals surface area contributed by atoms with Crippen LogP contribution < -0.4 is 0 Å². The van der Waals surface area contributed by atoms with Gasteiger partial charge in [-0.3, -0.25) is 4.79 Å². The van der Waals surface area contributed by atoms with Gasteiger partial charge < -0.3 is 9.84 Å². The maximum absolute atomic E-state index is 12.2. The van der Waals surface area contributed by atoms with Gasteiger partial charge in [-0.15, -0.1) is 0 Å². The average Bonchev–Trinajstić information content (AvgIpc) is 2.83. The molecule has 6 rings (SSSR count). The van der Waals surface area contributed by atoms with E-state index in [4.69, 9.17) is 4.74 Å². The largest absolute Gasteiger partial charge is 0.458 e. The third kappa shape index (κ3) is 1.73. The number of ether oxygens (including phenoxy) is 1. The molecule has 5 aliphatic carbocycles. The molecule has 3 nitrogen and oxygen atoms in total. The number of fused-ring (bicyclic) bond motifs is 4. The maximum atomic E-state index is 12.2. The van der Waals surface area contributed by atoms with E-state index in [0.717, 1.165) is 49.4 Å². The first-order valence-corrected chi connectivity index (χ1v) is 11.4. The molecule has 2 spiro atoms. The molecule has 0 bridgehead atoms. The van der Waals surface area contributed by atoms with Crippen molar-refractivity contribution in [1.82, 2.24) is 0 Å². The molecule has 0 radical (unpaired) electrons. The summed E-state index contributed by atoms with van der Waals surface area (Å²) in [6, 6.07) is 0. The highest BCUT2D eigenvalue weighted by Crippen LogP contribution is 2.77. The van der Waals surface area contributed by atoms with E-state index >= 15 is 0 Å². The summed E-state index contributed by atoms with van der Waals surface area (Å²) in [5, 5.41) is 10.2. The number of carbonyl (C=O) groups is 1. The van der Waals surface area contributed by atoms with E-state index in [9.17, 15) is 9.90 Å². The van der Waals surface area contributed by atoms with Gasteiger partial charge in [0.2, 0.25) is 0 Å². The van der Waals surface area contributed by atoms with Crippen LogP contribution in [0.15, 0.2) is 0 Å². The van der Waals surface area contributed by atoms with E-state index in [1.165, 1.54) is 44.9 Å². The SMILES string of the molecule is C[C@]12CC[C@H](O)C[C@@H]1CCC1C3CC[C@]45OC(=O)CCC4C[C@]35CCC12. The van der Waals surface area contributed by atoms with Crippen LogP contribution >= 0.6 is 0 Å². The summed E-state index contributed by atoms with van der Waals surface area (Å²) in [5.74, 6) is 3.98. The summed E-state index contributed by atoms with van der Waals surface area (Å²) in [6.07, 6.45) is 14.1. The molecule has 0 aromatic carbocycles. The third-order valence-corrected chi connectivity index (χ3v) is 10.8. The molecule has 3 heteroatoms. The first-order valence-electron chi connectivity index (χ1n) is 11.4. The van der Waals surface area contributed by atoms with Gasteiger partial charge in [0, 0.05) is 17.8 Å². The predicted molar refractivity (Wildman–Crippen MR) is 98.2 cm³/mol. The minimum Gasteiger partial charge on any atom is -0.458 e. The monoisotopic (exact) mass is 358 g/mol. The second-order valence-corrected chi connectivity index (χ2v) is 11.1. The molecular weight excluding hydrogens is 324 g/mol. The van der Waals surface area contributed by atoms with Crippen LogP contribution in [0.5, 0.6) is 0 Å². The van der Waals surface area contributed by atoms with Crippen molar-refractivity contribution >= 4 is 5.97 Å². The van der Waals surface area contributed by atoms with Crippen LogP contribution in [0.25, 0.3) is 0 Å². The normalized spacial score (nSPS) is 60.5. The third-order valence-electron chi connectivity index (χ3n) is 10.8. The molecule has 1 heterocycles. The molecule has 0 aromatic rings. The van der Waals surface area contributed by atoms with Crippen molar-refractivity contribution in [2.75, 3.05) is 0 Å². The molecule has 1 saturated heterocycles. The van der Waals surface area contributed by atoms with Crippen molar-refractivity contribution < 1.29 is 14.6 Å². The molecule has 4 unspecified atom stereocenters. The maximum Gasteiger partial charge on any atom is 0.306 e. The van der Waals surface area contributed by atoms with Crippen LogP contribution in [-0.2, 0) is 9.53 Å². The van der Waals surface area contributed by atoms with Crippen LogP contribution in [0, 0.1) is 40.4 Å². The Morgan fingerprint density at radius 1 is 0.962 bits per heavy atom. The lowest BCUT2D eigenvalue weighted by Gasteiger charge is -2.69. The number of rotatable bonds is 0. The Labute approximate surface area is 157 Å². The zero-order valence-electron chi connectivity index (χ0n) is 16.2. The summed E-state index contributed by atoms with van der Waals surface area (Å²) in [5.41, 5.74) is 0.733. The highest BCUT2D eigenvalue weighted by atomic mass is 16.6. The Balaban J connectivity index is 1.32. The molecule has 1 aliphatic heterocycles. The van der Waals surface area contributed by atoms with E-state index in [1.807, 2.05) is 0 Å². The number of hydrogen-bond acceptors (Lipinski definition) is 3. The van der Waals surface area contributed by atoms with E-state index in [-0.39, 0.29) is 17.7 Å². The average molecular weight is 359 g/mol. The number of carbonyl (C=O) groups excluding carboxylic acids is 1. The van der Waals surface area contributed by atoms with Crippen LogP contribution in [0.3, 0.4) is 0 Å². The molecule has 9 atom stereocenters. The van der Waals surface area contributed by atoms with Gasteiger partial charge in [-0.25, -0.2) is 0 Å². The van der Waals surface area contributed by atoms with Gasteiger partial charge in [-0.2, -0.15) is 0 Å². The molecular formula is C23H34O3. The predicted octanol–water partition coefficient (Wildman–Crippen LogP) is 4.47. The Morgan fingerprint density at radius 2 is 1.81 bits per heavy atom. The van der Waals surface area contributed by atoms with E-state index in [2.05, 4.69) is 6.92 Å². The van der Waals surface area contributed by atoms with Gasteiger partial charge in [0.25, 0.3) is 0 Å². The van der Waals surface area contributed by atoms with Crippen molar-refractivity contribution in [2.24, 2.45) is 40.4 Å². The lowest BCUT2D eigenvalue weighted by molar-refractivity contribution is -0.274. The van der Waals surface area contributed by atoms with Crippen molar-refractivity contribution in [3.63, 3.8) is 0 Å². The number of hydrogen-bond donors (Lipinski definition) is 1. The van der Waals surface area contributed by atoms with Gasteiger partial charge >= 0.3 is 5.97 Å². The fraction of sp³-hybridized carbons (Fsp3) is 0.957. The lowest BCUT2D eigenvalue weighted by Crippen LogP contribution is -2.69. The molecule has 6 aliphatic rings. The minimum absolute atomic E-state index is 0.0525. The topological polar surface area (TPSA) is 46.5 Å². The second kappa shape index (κ2) is 5.07. The minimum atomic E-state index is -0.0571. The molecule has 6 fully saturated rings. The van der Waals surface area contributed by atoms with Crippen molar-refractivity contribution in [3.8, 4) is 0 Å². The zero-order chi connectivity index (χ0) is 17.7. The van der Waals surface area contributed by atoms with E-state index in [0.29, 0.717) is 23.2 Å². The quantitative estimate of drug-likeness (QED) is 0.650. The first kappa shape index (κ1) is 16.4. The van der Waals surface area contributed by atoms with E-state index in [1.54, 1.807) is 0 Å². The fourth-order valence-corrected chi connectivity index (χ4v) is 9.71. The summed E-state index contributed by atoms with van der Waals surface area (Å²) in [6.45, 7) is 2.56. The highest BCUT2D eigenvalue weighted by molar-refractivity contribution is 5.71. The second-order valence-electron chi connectivity index (χ2n) is 11.1. The Morgan fingerprint density at radius 3 is 2.69 bits per heavy atom. The Kier molecular flexibility index (Phi) is 3.20. The van der Waals surface area contributed by atoms with Gasteiger partial charge in [-0.1, -0.05) is 6.92 Å². The molecule has 5 saturated carbocycles. The highest BCUT2D eigenvalue weighted by Gasteiger charge is 2.77. The van der Waals surface area contributed by atoms with Crippen LogP contribution in [0.2, 0.25) is 0 Å². The lowest BCUT2D eigenvalue weighted by atomic mass is 9.38. The Hall–Kier alpha value is -0.570. The van der Waals surface area contributed by atoms with Crippen LogP contribution in [0.1, 0.15) is 84.0 Å². The fourth-order valence-electron chi connectivity index (χ4n) is 9.71. The Bertz CT molecular complexity index is 645. The van der Waals surface area contributed by atoms with Gasteiger partial charge in [0.1, 0.15) is 5.60 Å². The van der Waals surface area contributed by atoms with Crippen molar-refractivity contribution in [2.45, 2.75) is 95.7 Å². The number of aliphatic hydroxyl groups is 1. The molecule has 26 heavy (non-hydrogen) atoms. The smallest absolute Gasteiger partial charge is 0.306 e. The van der Waals surface area contributed by atoms with E-state index < -0.39 is 0 Å². The molecule has 0 aromatic heterocycles. The van der Waals surface area contributed by atoms with Gasteiger partial charge in [0.15, 0.2) is 0 Å². The van der Waals surface area contributed by atoms with Gasteiger partial charge in [-0.05, 0) is 99.7 Å². The molecule has 1 N–H and O–H groups in total. The van der Waals surface area contributed by atoms with Crippen molar-refractivity contribution in [1.29, 1.82) is 0 Å². The number of esters is 1. The summed E-state index contributed by atoms with van der Waals surface area (Å²) < 4.78 is 6.21. The zero-order valence-corrected chi connectivity index (χ0v) is 16.2. The molecule has 144 valence electrons. The summed E-state index contributed by atoms with van der Waals surface area (Å²) in [7, 11) is 0. The number of aliphatic hydroxyl groups excluding tert-OH is 1. The summed E-state index contributed by atoms with van der Waals surface area (Å²) >= 11 is 0. The van der Waals surface area contributed by atoms with Gasteiger partial charge in [0.05, 0.1) is 6.10 Å².